The maximum Gasteiger partial charge on any atom is 0.213 e. The number of carbonyl (C=O) groups is 2. The van der Waals surface area contributed by atoms with E-state index in [0.29, 0.717) is 0 Å². The first-order chi connectivity index (χ1) is 4.39. The standard InChI is InChI=1S/C7H11FO2/c1-7(2,3)6(10)5(8)4-9/h4-5H,1-3H3. The number of hydrogen-bond acceptors (Lipinski definition) is 2. The smallest absolute Gasteiger partial charge is 0.213 e. The molecular weight excluding hydrogens is 135 g/mol. The van der Waals surface area contributed by atoms with Crippen molar-refractivity contribution in [3.63, 3.8) is 0 Å². The number of hydrogen-bond donors (Lipinski definition) is 0. The Kier molecular flexibility index (Phi) is 2.69. The quantitative estimate of drug-likeness (QED) is 0.432. The number of Topliss-reactive ketones (excluding diaryl/α,β-unsaturated/α-hetero) is 1. The Morgan fingerprint density at radius 1 is 1.50 bits per heavy atom. The lowest BCUT2D eigenvalue weighted by molar-refractivity contribution is -0.134. The lowest BCUT2D eigenvalue weighted by Crippen LogP contribution is -2.30. The van der Waals surface area contributed by atoms with E-state index in [1.807, 2.05) is 0 Å². The van der Waals surface area contributed by atoms with Crippen molar-refractivity contribution in [2.45, 2.75) is 26.9 Å². The predicted octanol–water partition coefficient (Wildman–Crippen LogP) is 1.14. The van der Waals surface area contributed by atoms with Crippen LogP contribution in [0.3, 0.4) is 0 Å². The molecule has 0 radical (unpaired) electrons. The summed E-state index contributed by atoms with van der Waals surface area (Å²) in [5.74, 6) is -0.664. The molecule has 3 heteroatoms. The summed E-state index contributed by atoms with van der Waals surface area (Å²) in [6.07, 6.45) is -1.94. The molecule has 0 aromatic rings. The van der Waals surface area contributed by atoms with Gasteiger partial charge in [-0.2, -0.15) is 0 Å². The molecule has 0 N–H and O–H groups in total. The first kappa shape index (κ1) is 9.27. The van der Waals surface area contributed by atoms with Crippen LogP contribution in [0.5, 0.6) is 0 Å². The predicted molar refractivity (Wildman–Crippen MR) is 35.4 cm³/mol. The minimum Gasteiger partial charge on any atom is -0.300 e. The van der Waals surface area contributed by atoms with Crippen LogP contribution in [-0.2, 0) is 9.59 Å². The van der Waals surface area contributed by atoms with E-state index in [-0.39, 0.29) is 6.29 Å². The fourth-order valence-corrected chi connectivity index (χ4v) is 0.475. The molecule has 0 saturated heterocycles. The van der Waals surface area contributed by atoms with Crippen LogP contribution in [0.2, 0.25) is 0 Å². The van der Waals surface area contributed by atoms with E-state index in [9.17, 15) is 14.0 Å². The highest BCUT2D eigenvalue weighted by molar-refractivity contribution is 5.98. The summed E-state index contributed by atoms with van der Waals surface area (Å²) in [5, 5.41) is 0. The second-order valence-electron chi connectivity index (χ2n) is 3.15. The molecule has 10 heavy (non-hydrogen) atoms. The van der Waals surface area contributed by atoms with Gasteiger partial charge in [0.15, 0.2) is 12.1 Å². The van der Waals surface area contributed by atoms with Gasteiger partial charge in [-0.15, -0.1) is 0 Å². The topological polar surface area (TPSA) is 34.1 Å². The van der Waals surface area contributed by atoms with Gasteiger partial charge in [-0.05, 0) is 0 Å². The lowest BCUT2D eigenvalue weighted by Gasteiger charge is -2.15. The zero-order chi connectivity index (χ0) is 8.36. The Bertz CT molecular complexity index is 146. The molecule has 1 unspecified atom stereocenters. The van der Waals surface area contributed by atoms with Crippen molar-refractivity contribution in [1.29, 1.82) is 0 Å². The summed E-state index contributed by atoms with van der Waals surface area (Å²) in [7, 11) is 0. The highest BCUT2D eigenvalue weighted by atomic mass is 19.1. The average molecular weight is 146 g/mol. The van der Waals surface area contributed by atoms with E-state index in [0.717, 1.165) is 0 Å². The number of aldehydes is 1. The summed E-state index contributed by atoms with van der Waals surface area (Å²) in [6, 6.07) is 0. The molecule has 0 aromatic carbocycles. The van der Waals surface area contributed by atoms with Gasteiger partial charge in [-0.25, -0.2) is 4.39 Å². The second kappa shape index (κ2) is 2.90. The molecule has 0 heterocycles. The Morgan fingerprint density at radius 2 is 1.90 bits per heavy atom. The van der Waals surface area contributed by atoms with Gasteiger partial charge in [-0.1, -0.05) is 20.8 Å². The number of ketones is 1. The van der Waals surface area contributed by atoms with E-state index in [4.69, 9.17) is 0 Å². The van der Waals surface area contributed by atoms with Crippen molar-refractivity contribution in [3.8, 4) is 0 Å². The van der Waals surface area contributed by atoms with Crippen LogP contribution in [0, 0.1) is 5.41 Å². The van der Waals surface area contributed by atoms with Crippen molar-refractivity contribution in [2.75, 3.05) is 0 Å². The first-order valence-electron chi connectivity index (χ1n) is 3.03. The molecule has 0 aliphatic carbocycles. The Labute approximate surface area is 59.4 Å². The van der Waals surface area contributed by atoms with E-state index >= 15 is 0 Å². The van der Waals surface area contributed by atoms with E-state index in [1.54, 1.807) is 20.8 Å². The second-order valence-corrected chi connectivity index (χ2v) is 3.15. The van der Waals surface area contributed by atoms with Gasteiger partial charge in [0.25, 0.3) is 0 Å². The molecule has 0 saturated carbocycles. The molecule has 0 aliphatic heterocycles. The van der Waals surface area contributed by atoms with Crippen LogP contribution >= 0.6 is 0 Å². The normalized spacial score (nSPS) is 14.4. The molecule has 0 spiro atoms. The highest BCUT2D eigenvalue weighted by Gasteiger charge is 2.28. The van der Waals surface area contributed by atoms with Crippen molar-refractivity contribution in [2.24, 2.45) is 5.41 Å². The SMILES string of the molecule is CC(C)(C)C(=O)C(F)C=O. The zero-order valence-electron chi connectivity index (χ0n) is 6.35. The van der Waals surface area contributed by atoms with Crippen LogP contribution < -0.4 is 0 Å². The van der Waals surface area contributed by atoms with Gasteiger partial charge >= 0.3 is 0 Å². The molecule has 0 aromatic heterocycles. The first-order valence-corrected chi connectivity index (χ1v) is 3.03. The third kappa shape index (κ3) is 2.25. The van der Waals surface area contributed by atoms with Gasteiger partial charge in [0, 0.05) is 5.41 Å². The summed E-state index contributed by atoms with van der Waals surface area (Å²) < 4.78 is 12.3. The van der Waals surface area contributed by atoms with Gasteiger partial charge in [0.1, 0.15) is 0 Å². The Morgan fingerprint density at radius 3 is 2.00 bits per heavy atom. The van der Waals surface area contributed by atoms with Gasteiger partial charge in [0.2, 0.25) is 6.17 Å². The minimum absolute atomic E-state index is 0.0214. The molecule has 1 atom stereocenters. The van der Waals surface area contributed by atoms with Crippen LogP contribution in [0.1, 0.15) is 20.8 Å². The van der Waals surface area contributed by atoms with Crippen molar-refractivity contribution >= 4 is 12.1 Å². The van der Waals surface area contributed by atoms with E-state index in [1.165, 1.54) is 0 Å². The summed E-state index contributed by atoms with van der Waals surface area (Å²) in [6.45, 7) is 4.72. The van der Waals surface area contributed by atoms with E-state index in [2.05, 4.69) is 0 Å². The Balaban J connectivity index is 4.22. The van der Waals surface area contributed by atoms with Crippen LogP contribution in [-0.4, -0.2) is 18.2 Å². The maximum atomic E-state index is 12.3. The molecule has 0 aliphatic rings. The fourth-order valence-electron chi connectivity index (χ4n) is 0.475. The fraction of sp³-hybridized carbons (Fsp3) is 0.714. The van der Waals surface area contributed by atoms with Crippen LogP contribution in [0.25, 0.3) is 0 Å². The van der Waals surface area contributed by atoms with Crippen LogP contribution in [0.4, 0.5) is 4.39 Å². The molecule has 2 nitrogen and oxygen atoms in total. The summed E-state index contributed by atoms with van der Waals surface area (Å²) in [4.78, 5) is 20.6. The summed E-state index contributed by atoms with van der Waals surface area (Å²) >= 11 is 0. The zero-order valence-corrected chi connectivity index (χ0v) is 6.35. The van der Waals surface area contributed by atoms with Gasteiger partial charge in [-0.3, -0.25) is 9.59 Å². The number of rotatable bonds is 2. The molecule has 0 bridgehead atoms. The highest BCUT2D eigenvalue weighted by Crippen LogP contribution is 2.17. The number of halogens is 1. The van der Waals surface area contributed by atoms with E-state index < -0.39 is 17.4 Å². The Hall–Kier alpha value is -0.730. The molecular formula is C7H11FO2. The molecule has 0 rings (SSSR count). The van der Waals surface area contributed by atoms with Gasteiger partial charge < -0.3 is 0 Å². The molecule has 0 amide bonds. The third-order valence-corrected chi connectivity index (χ3v) is 1.11. The van der Waals surface area contributed by atoms with Crippen molar-refractivity contribution in [3.05, 3.63) is 0 Å². The minimum atomic E-state index is -1.96. The monoisotopic (exact) mass is 146 g/mol. The third-order valence-electron chi connectivity index (χ3n) is 1.11. The maximum absolute atomic E-state index is 12.3. The molecule has 0 fully saturated rings. The lowest BCUT2D eigenvalue weighted by atomic mass is 9.88. The van der Waals surface area contributed by atoms with Crippen molar-refractivity contribution in [1.82, 2.24) is 0 Å². The van der Waals surface area contributed by atoms with Crippen LogP contribution in [0.15, 0.2) is 0 Å². The molecule has 58 valence electrons. The average Bonchev–Trinajstić information content (AvgIpc) is 1.83. The number of carbonyl (C=O) groups excluding carboxylic acids is 2. The summed E-state index contributed by atoms with van der Waals surface area (Å²) in [5.41, 5.74) is -0.764. The number of alkyl halides is 1. The van der Waals surface area contributed by atoms with Crippen molar-refractivity contribution < 1.29 is 14.0 Å². The largest absolute Gasteiger partial charge is 0.300 e. The van der Waals surface area contributed by atoms with Gasteiger partial charge in [0.05, 0.1) is 0 Å².